The molecule has 0 aliphatic rings. The van der Waals surface area contributed by atoms with Crippen LogP contribution >= 0.6 is 23.6 Å². The number of aromatic nitrogens is 1. The molecule has 0 spiro atoms. The first-order valence-electron chi connectivity index (χ1n) is 9.87. The molecule has 3 aromatic rings. The van der Waals surface area contributed by atoms with Gasteiger partial charge in [0.05, 0.1) is 5.69 Å². The van der Waals surface area contributed by atoms with Crippen LogP contribution in [0.15, 0.2) is 53.9 Å². The second-order valence-corrected chi connectivity index (χ2v) is 8.45. The van der Waals surface area contributed by atoms with E-state index in [0.29, 0.717) is 28.3 Å². The number of benzene rings is 2. The van der Waals surface area contributed by atoms with E-state index in [-0.39, 0.29) is 18.4 Å². The summed E-state index contributed by atoms with van der Waals surface area (Å²) in [6.07, 6.45) is 0. The van der Waals surface area contributed by atoms with E-state index in [1.165, 1.54) is 16.9 Å². The molecule has 3 rings (SSSR count). The van der Waals surface area contributed by atoms with Gasteiger partial charge in [-0.3, -0.25) is 9.59 Å². The minimum absolute atomic E-state index is 0.0437. The number of nitrogens with zero attached hydrogens (tertiary/aromatic N) is 2. The summed E-state index contributed by atoms with van der Waals surface area (Å²) in [6, 6.07) is 15.2. The summed E-state index contributed by atoms with van der Waals surface area (Å²) in [7, 11) is 0. The largest absolute Gasteiger partial charge is 0.339 e. The number of carbonyl (C=O) groups excluding carboxylic acids is 2. The Morgan fingerprint density at radius 1 is 1.10 bits per heavy atom. The number of rotatable bonds is 7. The van der Waals surface area contributed by atoms with Crippen LogP contribution < -0.4 is 5.32 Å². The van der Waals surface area contributed by atoms with Crippen molar-refractivity contribution in [2.24, 2.45) is 0 Å². The summed E-state index contributed by atoms with van der Waals surface area (Å²) in [4.78, 5) is 27.0. The van der Waals surface area contributed by atoms with E-state index in [1.807, 2.05) is 55.0 Å². The van der Waals surface area contributed by atoms with Crippen molar-refractivity contribution in [2.45, 2.75) is 27.3 Å². The fourth-order valence-corrected chi connectivity index (χ4v) is 4.27. The lowest BCUT2D eigenvalue weighted by Crippen LogP contribution is -2.30. The predicted octanol–water partition coefficient (Wildman–Crippen LogP) is 5.38. The predicted molar refractivity (Wildman–Crippen MR) is 126 cm³/mol. The monoisotopic (exact) mass is 439 g/mol. The minimum Gasteiger partial charge on any atom is -0.339 e. The highest BCUT2D eigenvalue weighted by molar-refractivity contribution is 7.73. The summed E-state index contributed by atoms with van der Waals surface area (Å²) in [6.45, 7) is 7.33. The molecule has 0 unspecified atom stereocenters. The van der Waals surface area contributed by atoms with Gasteiger partial charge in [-0.1, -0.05) is 35.9 Å². The number of amides is 2. The lowest BCUT2D eigenvalue weighted by molar-refractivity contribution is -0.116. The van der Waals surface area contributed by atoms with Crippen LogP contribution in [0.3, 0.4) is 0 Å². The van der Waals surface area contributed by atoms with Crippen LogP contribution in [0.2, 0.25) is 0 Å². The van der Waals surface area contributed by atoms with E-state index in [0.717, 1.165) is 11.3 Å². The Balaban J connectivity index is 1.77. The summed E-state index contributed by atoms with van der Waals surface area (Å²) < 4.78 is 2.48. The van der Waals surface area contributed by atoms with E-state index in [2.05, 4.69) is 5.32 Å². The van der Waals surface area contributed by atoms with Crippen LogP contribution in [-0.4, -0.2) is 34.4 Å². The maximum absolute atomic E-state index is 12.7. The molecule has 156 valence electrons. The van der Waals surface area contributed by atoms with E-state index >= 15 is 0 Å². The molecule has 5 nitrogen and oxygen atoms in total. The topological polar surface area (TPSA) is 54.3 Å². The van der Waals surface area contributed by atoms with Crippen molar-refractivity contribution in [3.05, 3.63) is 69.0 Å². The molecule has 0 aliphatic heterocycles. The molecule has 0 saturated heterocycles. The second kappa shape index (κ2) is 9.82. The third kappa shape index (κ3) is 5.04. The Morgan fingerprint density at radius 2 is 1.80 bits per heavy atom. The fraction of sp³-hybridized carbons (Fsp3) is 0.261. The highest BCUT2D eigenvalue weighted by Crippen LogP contribution is 2.24. The van der Waals surface area contributed by atoms with Crippen molar-refractivity contribution in [1.29, 1.82) is 0 Å². The number of nitrogens with one attached hydrogen (secondary N) is 1. The van der Waals surface area contributed by atoms with Crippen molar-refractivity contribution in [2.75, 3.05) is 18.4 Å². The third-order valence-corrected chi connectivity index (χ3v) is 6.15. The normalized spacial score (nSPS) is 10.6. The standard InChI is InChI=1S/C23H25N3O2S2/c1-4-25(5-2)22(28)18-7-6-8-19(13-18)24-21(27)14-26-20(15-30-23(26)29)17-11-9-16(3)10-12-17/h6-13,15H,4-5,14H2,1-3H3,(H,24,27). The van der Waals surface area contributed by atoms with Gasteiger partial charge in [0.15, 0.2) is 3.95 Å². The van der Waals surface area contributed by atoms with Crippen molar-refractivity contribution in [1.82, 2.24) is 9.47 Å². The summed E-state index contributed by atoms with van der Waals surface area (Å²) in [5.41, 5.74) is 4.27. The molecule has 7 heteroatoms. The van der Waals surface area contributed by atoms with Gasteiger partial charge in [0.1, 0.15) is 6.54 Å². The molecule has 1 N–H and O–H groups in total. The van der Waals surface area contributed by atoms with Crippen LogP contribution in [0.4, 0.5) is 5.69 Å². The quantitative estimate of drug-likeness (QED) is 0.503. The van der Waals surface area contributed by atoms with Crippen molar-refractivity contribution in [3.63, 3.8) is 0 Å². The molecule has 30 heavy (non-hydrogen) atoms. The van der Waals surface area contributed by atoms with E-state index in [1.54, 1.807) is 29.2 Å². The van der Waals surface area contributed by atoms with Crippen molar-refractivity contribution in [3.8, 4) is 11.3 Å². The van der Waals surface area contributed by atoms with Crippen LogP contribution in [0, 0.1) is 10.9 Å². The first kappa shape index (κ1) is 21.9. The Kier molecular flexibility index (Phi) is 7.18. The molecule has 2 aromatic carbocycles. The average molecular weight is 440 g/mol. The Bertz CT molecular complexity index is 1100. The lowest BCUT2D eigenvalue weighted by Gasteiger charge is -2.19. The summed E-state index contributed by atoms with van der Waals surface area (Å²) in [5.74, 6) is -0.233. The molecule has 0 bridgehead atoms. The molecule has 0 saturated carbocycles. The number of carbonyl (C=O) groups is 2. The van der Waals surface area contributed by atoms with E-state index < -0.39 is 0 Å². The van der Waals surface area contributed by atoms with Gasteiger partial charge in [-0.2, -0.15) is 0 Å². The Hall–Kier alpha value is -2.77. The zero-order valence-electron chi connectivity index (χ0n) is 17.3. The van der Waals surface area contributed by atoms with Gasteiger partial charge in [0.25, 0.3) is 5.91 Å². The lowest BCUT2D eigenvalue weighted by atomic mass is 10.1. The number of thiazole rings is 1. The molecule has 0 atom stereocenters. The van der Waals surface area contributed by atoms with Gasteiger partial charge in [0.2, 0.25) is 5.91 Å². The number of anilines is 1. The van der Waals surface area contributed by atoms with Gasteiger partial charge in [-0.05, 0) is 56.8 Å². The highest BCUT2D eigenvalue weighted by atomic mass is 32.1. The van der Waals surface area contributed by atoms with Crippen molar-refractivity contribution >= 4 is 41.1 Å². The molecule has 0 aliphatic carbocycles. The van der Waals surface area contributed by atoms with Gasteiger partial charge in [-0.25, -0.2) is 0 Å². The Morgan fingerprint density at radius 3 is 2.47 bits per heavy atom. The molecule has 2 amide bonds. The SMILES string of the molecule is CCN(CC)C(=O)c1cccc(NC(=O)Cn2c(-c3ccc(C)cc3)csc2=S)c1. The van der Waals surface area contributed by atoms with Crippen LogP contribution in [0.25, 0.3) is 11.3 Å². The average Bonchev–Trinajstić information content (AvgIpc) is 3.09. The molecule has 0 radical (unpaired) electrons. The first-order chi connectivity index (χ1) is 14.4. The van der Waals surface area contributed by atoms with Gasteiger partial charge < -0.3 is 14.8 Å². The molecular formula is C23H25N3O2S2. The summed E-state index contributed by atoms with van der Waals surface area (Å²) in [5, 5.41) is 4.87. The van der Waals surface area contributed by atoms with Crippen LogP contribution in [0.1, 0.15) is 29.8 Å². The highest BCUT2D eigenvalue weighted by Gasteiger charge is 2.14. The van der Waals surface area contributed by atoms with Gasteiger partial charge in [-0.15, -0.1) is 11.3 Å². The molecule has 1 aromatic heterocycles. The molecule has 0 fully saturated rings. The fourth-order valence-electron chi connectivity index (χ4n) is 3.20. The van der Waals surface area contributed by atoms with Crippen molar-refractivity contribution < 1.29 is 9.59 Å². The molecule has 1 heterocycles. The number of hydrogen-bond acceptors (Lipinski definition) is 4. The third-order valence-electron chi connectivity index (χ3n) is 4.88. The van der Waals surface area contributed by atoms with E-state index in [4.69, 9.17) is 12.2 Å². The van der Waals surface area contributed by atoms with Gasteiger partial charge >= 0.3 is 0 Å². The molecular weight excluding hydrogens is 414 g/mol. The maximum atomic E-state index is 12.7. The second-order valence-electron chi connectivity index (χ2n) is 6.95. The number of hydrogen-bond donors (Lipinski definition) is 1. The minimum atomic E-state index is -0.190. The van der Waals surface area contributed by atoms with Gasteiger partial charge in [0, 0.05) is 29.7 Å². The Labute approximate surface area is 186 Å². The summed E-state index contributed by atoms with van der Waals surface area (Å²) >= 11 is 6.88. The first-order valence-corrected chi connectivity index (χ1v) is 11.2. The van der Waals surface area contributed by atoms with Crippen LogP contribution in [-0.2, 0) is 11.3 Å². The zero-order chi connectivity index (χ0) is 21.7. The smallest absolute Gasteiger partial charge is 0.253 e. The zero-order valence-corrected chi connectivity index (χ0v) is 19.0. The van der Waals surface area contributed by atoms with E-state index in [9.17, 15) is 9.59 Å². The maximum Gasteiger partial charge on any atom is 0.253 e. The van der Waals surface area contributed by atoms with Crippen LogP contribution in [0.5, 0.6) is 0 Å². The number of aryl methyl sites for hydroxylation is 1.